The molecular weight excluding hydrogens is 416 g/mol. The van der Waals surface area contributed by atoms with E-state index in [1.807, 2.05) is 4.68 Å². The topological polar surface area (TPSA) is 81.0 Å². The Morgan fingerprint density at radius 3 is 2.72 bits per heavy atom. The van der Waals surface area contributed by atoms with Crippen LogP contribution in [0.25, 0.3) is 11.0 Å². The van der Waals surface area contributed by atoms with Gasteiger partial charge in [0.15, 0.2) is 11.9 Å². The van der Waals surface area contributed by atoms with Crippen molar-refractivity contribution >= 4 is 16.9 Å². The summed E-state index contributed by atoms with van der Waals surface area (Å²) in [6, 6.07) is 4.78. The molecule has 2 aliphatic rings. The maximum atomic E-state index is 14.6. The molecule has 0 aromatic carbocycles. The molecule has 2 aliphatic heterocycles. The average Bonchev–Trinajstić information content (AvgIpc) is 3.27. The fourth-order valence-corrected chi connectivity index (χ4v) is 4.47. The number of likely N-dealkylation sites (tertiary alicyclic amines) is 1. The molecule has 3 aromatic heterocycles. The lowest BCUT2D eigenvalue weighted by atomic mass is 10.0. The van der Waals surface area contributed by atoms with Gasteiger partial charge in [0.2, 0.25) is 0 Å². The Morgan fingerprint density at radius 2 is 1.97 bits per heavy atom. The third-order valence-corrected chi connectivity index (χ3v) is 6.21. The summed E-state index contributed by atoms with van der Waals surface area (Å²) in [6.07, 6.45) is 9.24. The van der Waals surface area contributed by atoms with Crippen molar-refractivity contribution < 1.29 is 13.5 Å². The van der Waals surface area contributed by atoms with E-state index in [0.29, 0.717) is 13.1 Å². The molecule has 170 valence electrons. The van der Waals surface area contributed by atoms with Gasteiger partial charge < -0.3 is 10.1 Å². The zero-order valence-corrected chi connectivity index (χ0v) is 17.8. The summed E-state index contributed by atoms with van der Waals surface area (Å²) in [7, 11) is 0. The number of hydrogen-bond donors (Lipinski definition) is 1. The van der Waals surface area contributed by atoms with E-state index >= 15 is 0 Å². The Hall–Kier alpha value is -2.72. The summed E-state index contributed by atoms with van der Waals surface area (Å²) < 4.78 is 36.8. The minimum absolute atomic E-state index is 0.0898. The third kappa shape index (κ3) is 4.42. The molecule has 1 N–H and O–H groups in total. The molecule has 5 rings (SSSR count). The van der Waals surface area contributed by atoms with Crippen molar-refractivity contribution in [2.45, 2.75) is 50.3 Å². The molecule has 0 aliphatic carbocycles. The summed E-state index contributed by atoms with van der Waals surface area (Å²) in [6.45, 7) is 1.59. The molecule has 0 amide bonds. The van der Waals surface area contributed by atoms with Gasteiger partial charge in [-0.25, -0.2) is 14.6 Å². The smallest absolute Gasteiger partial charge is 0.302 e. The van der Waals surface area contributed by atoms with Gasteiger partial charge in [-0.1, -0.05) is 6.07 Å². The Kier molecular flexibility index (Phi) is 5.97. The molecule has 0 spiro atoms. The van der Waals surface area contributed by atoms with Crippen LogP contribution in [0.4, 0.5) is 14.6 Å². The first-order valence-corrected chi connectivity index (χ1v) is 11.2. The van der Waals surface area contributed by atoms with E-state index in [-0.39, 0.29) is 24.5 Å². The lowest BCUT2D eigenvalue weighted by molar-refractivity contribution is -0.0457. The quantitative estimate of drug-likeness (QED) is 0.624. The van der Waals surface area contributed by atoms with Gasteiger partial charge in [-0.05, 0) is 44.2 Å². The van der Waals surface area contributed by atoms with Crippen LogP contribution in [0.3, 0.4) is 0 Å². The Balaban J connectivity index is 1.21. The van der Waals surface area contributed by atoms with Crippen molar-refractivity contribution in [3.8, 4) is 0 Å². The molecule has 2 fully saturated rings. The summed E-state index contributed by atoms with van der Waals surface area (Å²) in [5.74, 6) is -2.23. The Bertz CT molecular complexity index is 1030. The SMILES string of the molecule is FC(F)(CN1CCC(Nc2ncnc3c2cnn3C2CCCCO2)CC1)c1ccccn1. The molecule has 1 unspecified atom stereocenters. The van der Waals surface area contributed by atoms with E-state index in [1.54, 1.807) is 23.2 Å². The largest absolute Gasteiger partial charge is 0.367 e. The number of nitrogens with one attached hydrogen (secondary N) is 1. The fourth-order valence-electron chi connectivity index (χ4n) is 4.47. The fraction of sp³-hybridized carbons (Fsp3) is 0.545. The van der Waals surface area contributed by atoms with Gasteiger partial charge in [-0.2, -0.15) is 13.9 Å². The number of hydrogen-bond acceptors (Lipinski definition) is 7. The van der Waals surface area contributed by atoms with Gasteiger partial charge in [0.05, 0.1) is 18.1 Å². The Morgan fingerprint density at radius 1 is 1.09 bits per heavy atom. The predicted octanol–water partition coefficient (Wildman–Crippen LogP) is 3.59. The maximum Gasteiger partial charge on any atom is 0.302 e. The number of pyridine rings is 1. The molecular formula is C22H27F2N7O. The highest BCUT2D eigenvalue weighted by molar-refractivity contribution is 5.86. The van der Waals surface area contributed by atoms with E-state index < -0.39 is 5.92 Å². The van der Waals surface area contributed by atoms with E-state index in [1.165, 1.54) is 18.6 Å². The van der Waals surface area contributed by atoms with Crippen molar-refractivity contribution in [3.05, 3.63) is 42.6 Å². The number of nitrogens with zero attached hydrogens (tertiary/aromatic N) is 6. The van der Waals surface area contributed by atoms with Gasteiger partial charge >= 0.3 is 5.92 Å². The van der Waals surface area contributed by atoms with Gasteiger partial charge in [0.25, 0.3) is 0 Å². The number of halogens is 2. The van der Waals surface area contributed by atoms with Crippen LogP contribution in [0.1, 0.15) is 44.0 Å². The average molecular weight is 444 g/mol. The normalized spacial score (nSPS) is 21.1. The van der Waals surface area contributed by atoms with Gasteiger partial charge in [-0.15, -0.1) is 0 Å². The number of rotatable bonds is 6. The van der Waals surface area contributed by atoms with E-state index in [0.717, 1.165) is 55.6 Å². The summed E-state index contributed by atoms with van der Waals surface area (Å²) in [5, 5.41) is 8.84. The van der Waals surface area contributed by atoms with Gasteiger partial charge in [0, 0.05) is 31.9 Å². The summed E-state index contributed by atoms with van der Waals surface area (Å²) in [5.41, 5.74) is 0.574. The van der Waals surface area contributed by atoms with Crippen LogP contribution in [-0.4, -0.2) is 61.9 Å². The van der Waals surface area contributed by atoms with Crippen LogP contribution in [0.2, 0.25) is 0 Å². The van der Waals surface area contributed by atoms with Crippen LogP contribution in [0.15, 0.2) is 36.9 Å². The molecule has 3 aromatic rings. The second-order valence-corrected chi connectivity index (χ2v) is 8.48. The highest BCUT2D eigenvalue weighted by Gasteiger charge is 2.36. The minimum atomic E-state index is -2.96. The number of ether oxygens (including phenoxy) is 1. The van der Waals surface area contributed by atoms with Crippen LogP contribution < -0.4 is 5.32 Å². The zero-order valence-electron chi connectivity index (χ0n) is 17.8. The van der Waals surface area contributed by atoms with Crippen LogP contribution >= 0.6 is 0 Å². The predicted molar refractivity (Wildman–Crippen MR) is 115 cm³/mol. The van der Waals surface area contributed by atoms with Gasteiger partial charge in [-0.3, -0.25) is 9.88 Å². The van der Waals surface area contributed by atoms with Crippen molar-refractivity contribution in [1.82, 2.24) is 29.6 Å². The summed E-state index contributed by atoms with van der Waals surface area (Å²) >= 11 is 0. The minimum Gasteiger partial charge on any atom is -0.367 e. The third-order valence-electron chi connectivity index (χ3n) is 6.21. The van der Waals surface area contributed by atoms with E-state index in [4.69, 9.17) is 4.74 Å². The Labute approximate surface area is 185 Å². The summed E-state index contributed by atoms with van der Waals surface area (Å²) in [4.78, 5) is 14.5. The van der Waals surface area contributed by atoms with Crippen molar-refractivity contribution in [2.24, 2.45) is 0 Å². The second-order valence-electron chi connectivity index (χ2n) is 8.48. The maximum absolute atomic E-state index is 14.6. The first-order chi connectivity index (χ1) is 15.6. The lowest BCUT2D eigenvalue weighted by Crippen LogP contribution is -2.44. The molecule has 5 heterocycles. The van der Waals surface area contributed by atoms with Crippen molar-refractivity contribution in [2.75, 3.05) is 31.6 Å². The monoisotopic (exact) mass is 443 g/mol. The highest BCUT2D eigenvalue weighted by atomic mass is 19.3. The molecule has 32 heavy (non-hydrogen) atoms. The molecule has 1 atom stereocenters. The standard InChI is InChI=1S/C22H27F2N7O/c23-22(24,18-5-1-3-9-25-18)14-30-10-7-16(8-11-30)29-20-17-13-28-31(21(17)27-15-26-20)19-6-2-4-12-32-19/h1,3,5,9,13,15-16,19H,2,4,6-8,10-12,14H2,(H,26,27,29). The molecule has 0 radical (unpaired) electrons. The first-order valence-electron chi connectivity index (χ1n) is 11.2. The van der Waals surface area contributed by atoms with Crippen molar-refractivity contribution in [3.63, 3.8) is 0 Å². The number of piperidine rings is 1. The van der Waals surface area contributed by atoms with Crippen LogP contribution in [-0.2, 0) is 10.7 Å². The molecule has 0 saturated carbocycles. The molecule has 0 bridgehead atoms. The van der Waals surface area contributed by atoms with Crippen LogP contribution in [0.5, 0.6) is 0 Å². The number of anilines is 1. The molecule has 2 saturated heterocycles. The lowest BCUT2D eigenvalue weighted by Gasteiger charge is -2.34. The van der Waals surface area contributed by atoms with Crippen LogP contribution in [0, 0.1) is 0 Å². The number of fused-ring (bicyclic) bond motifs is 1. The van der Waals surface area contributed by atoms with E-state index in [2.05, 4.69) is 25.4 Å². The molecule has 10 heteroatoms. The van der Waals surface area contributed by atoms with E-state index in [9.17, 15) is 8.78 Å². The zero-order chi connectivity index (χ0) is 22.0. The number of aromatic nitrogens is 5. The number of alkyl halides is 2. The second kappa shape index (κ2) is 9.03. The molecule has 8 nitrogen and oxygen atoms in total. The first kappa shape index (κ1) is 21.1. The highest BCUT2D eigenvalue weighted by Crippen LogP contribution is 2.30. The van der Waals surface area contributed by atoms with Gasteiger partial charge in [0.1, 0.15) is 17.8 Å². The van der Waals surface area contributed by atoms with Crippen molar-refractivity contribution in [1.29, 1.82) is 0 Å².